The van der Waals surface area contributed by atoms with E-state index in [1.54, 1.807) is 7.11 Å². The van der Waals surface area contributed by atoms with Crippen molar-refractivity contribution in [2.75, 3.05) is 33.4 Å². The van der Waals surface area contributed by atoms with Crippen molar-refractivity contribution in [2.24, 2.45) is 5.41 Å². The Morgan fingerprint density at radius 1 is 1.39 bits per heavy atom. The Kier molecular flexibility index (Phi) is 3.95. The first-order chi connectivity index (χ1) is 8.38. The lowest BCUT2D eigenvalue weighted by Gasteiger charge is -2.24. The third-order valence-electron chi connectivity index (χ3n) is 3.99. The number of halogens is 2. The van der Waals surface area contributed by atoms with Crippen LogP contribution < -0.4 is 0 Å². The Morgan fingerprint density at radius 2 is 2.06 bits per heavy atom. The summed E-state index contributed by atoms with van der Waals surface area (Å²) in [5.41, 5.74) is -0.958. The van der Waals surface area contributed by atoms with E-state index in [-0.39, 0.29) is 25.2 Å². The van der Waals surface area contributed by atoms with Gasteiger partial charge < -0.3 is 9.47 Å². The summed E-state index contributed by atoms with van der Waals surface area (Å²) in [6, 6.07) is 0. The van der Waals surface area contributed by atoms with Gasteiger partial charge in [-0.05, 0) is 20.3 Å². The second-order valence-electron chi connectivity index (χ2n) is 5.90. The van der Waals surface area contributed by atoms with Gasteiger partial charge >= 0.3 is 0 Å². The predicted molar refractivity (Wildman–Crippen MR) is 64.9 cm³/mol. The molecule has 5 heteroatoms. The minimum Gasteiger partial charge on any atom is -0.380 e. The van der Waals surface area contributed by atoms with Gasteiger partial charge in [0.2, 0.25) is 0 Å². The monoisotopic (exact) mass is 263 g/mol. The molecule has 0 amide bonds. The van der Waals surface area contributed by atoms with Crippen molar-refractivity contribution < 1.29 is 18.3 Å². The molecule has 0 bridgehead atoms. The summed E-state index contributed by atoms with van der Waals surface area (Å²) < 4.78 is 37.9. The number of likely N-dealkylation sites (tertiary alicyclic amines) is 1. The average Bonchev–Trinajstić information content (AvgIpc) is 2.64. The molecule has 1 aliphatic carbocycles. The smallest absolute Gasteiger partial charge is 0.258 e. The molecule has 2 fully saturated rings. The van der Waals surface area contributed by atoms with Crippen molar-refractivity contribution in [1.82, 2.24) is 4.90 Å². The maximum absolute atomic E-state index is 13.6. The molecule has 0 aromatic heterocycles. The molecule has 1 heterocycles. The highest BCUT2D eigenvalue weighted by Gasteiger charge is 2.71. The molecule has 0 N–H and O–H groups in total. The van der Waals surface area contributed by atoms with Crippen LogP contribution in [0.4, 0.5) is 8.78 Å². The van der Waals surface area contributed by atoms with Crippen LogP contribution >= 0.6 is 0 Å². The van der Waals surface area contributed by atoms with Crippen molar-refractivity contribution in [3.8, 4) is 0 Å². The molecule has 1 saturated heterocycles. The lowest BCUT2D eigenvalue weighted by Crippen LogP contribution is -2.35. The SMILES string of the molecule is CO[C@H]1CCN(C[C@@]2(COC(C)C)CC2(F)F)C1. The third-order valence-corrected chi connectivity index (χ3v) is 3.99. The van der Waals surface area contributed by atoms with E-state index in [2.05, 4.69) is 4.90 Å². The topological polar surface area (TPSA) is 21.7 Å². The number of hydrogen-bond donors (Lipinski definition) is 0. The van der Waals surface area contributed by atoms with Gasteiger partial charge in [0.05, 0.1) is 24.2 Å². The lowest BCUT2D eigenvalue weighted by atomic mass is 10.1. The average molecular weight is 263 g/mol. The summed E-state index contributed by atoms with van der Waals surface area (Å²) in [5, 5.41) is 0. The fourth-order valence-corrected chi connectivity index (χ4v) is 2.64. The molecule has 0 aromatic carbocycles. The molecular formula is C13H23F2NO2. The first-order valence-electron chi connectivity index (χ1n) is 6.63. The molecule has 2 aliphatic rings. The van der Waals surface area contributed by atoms with Gasteiger partial charge in [0, 0.05) is 33.2 Å². The van der Waals surface area contributed by atoms with E-state index in [1.165, 1.54) is 0 Å². The fourth-order valence-electron chi connectivity index (χ4n) is 2.64. The Hall–Kier alpha value is -0.260. The molecule has 0 spiro atoms. The molecule has 2 atom stereocenters. The summed E-state index contributed by atoms with van der Waals surface area (Å²) in [5.74, 6) is -2.56. The highest BCUT2D eigenvalue weighted by Crippen LogP contribution is 2.61. The van der Waals surface area contributed by atoms with Gasteiger partial charge in [0.25, 0.3) is 5.92 Å². The minimum absolute atomic E-state index is 0.00331. The highest BCUT2D eigenvalue weighted by molar-refractivity contribution is 5.12. The number of rotatable bonds is 6. The molecule has 0 unspecified atom stereocenters. The Morgan fingerprint density at radius 3 is 2.50 bits per heavy atom. The maximum atomic E-state index is 13.6. The summed E-state index contributed by atoms with van der Waals surface area (Å²) in [7, 11) is 1.68. The van der Waals surface area contributed by atoms with E-state index in [0.717, 1.165) is 19.5 Å². The van der Waals surface area contributed by atoms with Crippen molar-refractivity contribution in [1.29, 1.82) is 0 Å². The number of nitrogens with zero attached hydrogens (tertiary/aromatic N) is 1. The zero-order chi connectivity index (χ0) is 13.4. The van der Waals surface area contributed by atoms with Crippen molar-refractivity contribution in [3.05, 3.63) is 0 Å². The largest absolute Gasteiger partial charge is 0.380 e. The van der Waals surface area contributed by atoms with Crippen LogP contribution in [0.25, 0.3) is 0 Å². The lowest BCUT2D eigenvalue weighted by molar-refractivity contribution is -0.0243. The van der Waals surface area contributed by atoms with E-state index in [4.69, 9.17) is 9.47 Å². The van der Waals surface area contributed by atoms with Gasteiger partial charge in [0.15, 0.2) is 0 Å². The zero-order valence-corrected chi connectivity index (χ0v) is 11.4. The van der Waals surface area contributed by atoms with E-state index in [9.17, 15) is 8.78 Å². The van der Waals surface area contributed by atoms with Crippen LogP contribution in [0.3, 0.4) is 0 Å². The van der Waals surface area contributed by atoms with Gasteiger partial charge in [-0.1, -0.05) is 0 Å². The first kappa shape index (κ1) is 14.2. The van der Waals surface area contributed by atoms with E-state index in [0.29, 0.717) is 6.54 Å². The summed E-state index contributed by atoms with van der Waals surface area (Å²) in [6.07, 6.45) is 1.09. The summed E-state index contributed by atoms with van der Waals surface area (Å²) in [4.78, 5) is 2.08. The molecule has 3 nitrogen and oxygen atoms in total. The van der Waals surface area contributed by atoms with Crippen molar-refractivity contribution in [3.63, 3.8) is 0 Å². The molecule has 1 saturated carbocycles. The van der Waals surface area contributed by atoms with Gasteiger partial charge in [0.1, 0.15) is 0 Å². The molecule has 1 aliphatic heterocycles. The van der Waals surface area contributed by atoms with E-state index >= 15 is 0 Å². The zero-order valence-electron chi connectivity index (χ0n) is 11.4. The normalized spacial score (nSPS) is 35.3. The van der Waals surface area contributed by atoms with Gasteiger partial charge in [-0.25, -0.2) is 8.78 Å². The van der Waals surface area contributed by atoms with Crippen LogP contribution in [0, 0.1) is 5.41 Å². The quantitative estimate of drug-likeness (QED) is 0.733. The van der Waals surface area contributed by atoms with Gasteiger partial charge in [-0.15, -0.1) is 0 Å². The first-order valence-corrected chi connectivity index (χ1v) is 6.63. The van der Waals surface area contributed by atoms with Crippen LogP contribution in [0.15, 0.2) is 0 Å². The van der Waals surface area contributed by atoms with Crippen LogP contribution in [0.2, 0.25) is 0 Å². The molecule has 18 heavy (non-hydrogen) atoms. The summed E-state index contributed by atoms with van der Waals surface area (Å²) in [6.45, 7) is 5.95. The minimum atomic E-state index is -2.56. The summed E-state index contributed by atoms with van der Waals surface area (Å²) >= 11 is 0. The Balaban J connectivity index is 1.88. The second-order valence-corrected chi connectivity index (χ2v) is 5.90. The molecule has 106 valence electrons. The maximum Gasteiger partial charge on any atom is 0.258 e. The number of ether oxygens (including phenoxy) is 2. The van der Waals surface area contributed by atoms with Crippen LogP contribution in [0.1, 0.15) is 26.7 Å². The standard InChI is InChI=1S/C13H23F2NO2/c1-10(2)18-9-12(7-13(12,14)15)8-16-5-4-11(6-16)17-3/h10-11H,4-9H2,1-3H3/t11-,12+/m0/s1. The third kappa shape index (κ3) is 2.83. The molecule has 0 aromatic rings. The molecule has 0 radical (unpaired) electrons. The number of alkyl halides is 2. The highest BCUT2D eigenvalue weighted by atomic mass is 19.3. The number of methoxy groups -OCH3 is 1. The van der Waals surface area contributed by atoms with Crippen LogP contribution in [-0.2, 0) is 9.47 Å². The molecular weight excluding hydrogens is 240 g/mol. The van der Waals surface area contributed by atoms with Crippen LogP contribution in [0.5, 0.6) is 0 Å². The fraction of sp³-hybridized carbons (Fsp3) is 1.00. The van der Waals surface area contributed by atoms with Crippen LogP contribution in [-0.4, -0.2) is 56.4 Å². The van der Waals surface area contributed by atoms with Crippen molar-refractivity contribution in [2.45, 2.75) is 44.8 Å². The van der Waals surface area contributed by atoms with Crippen molar-refractivity contribution >= 4 is 0 Å². The Labute approximate surface area is 107 Å². The second kappa shape index (κ2) is 5.02. The van der Waals surface area contributed by atoms with E-state index < -0.39 is 11.3 Å². The van der Waals surface area contributed by atoms with Gasteiger partial charge in [-0.3, -0.25) is 4.90 Å². The van der Waals surface area contributed by atoms with Gasteiger partial charge in [-0.2, -0.15) is 0 Å². The predicted octanol–water partition coefficient (Wildman–Crippen LogP) is 2.16. The van der Waals surface area contributed by atoms with E-state index in [1.807, 2.05) is 13.8 Å². The number of hydrogen-bond acceptors (Lipinski definition) is 3. The Bertz CT molecular complexity index is 299. The molecule has 2 rings (SSSR count).